The first-order chi connectivity index (χ1) is 4.93. The van der Waals surface area contributed by atoms with Crippen LogP contribution in [0, 0.1) is 5.92 Å². The molecule has 0 unspecified atom stereocenters. The zero-order valence-electron chi connectivity index (χ0n) is 5.98. The Labute approximate surface area is 60.9 Å². The quantitative estimate of drug-likeness (QED) is 0.478. The van der Waals surface area contributed by atoms with Crippen molar-refractivity contribution in [2.24, 2.45) is 5.92 Å². The molecule has 0 spiro atoms. The van der Waals surface area contributed by atoms with Gasteiger partial charge in [0.05, 0.1) is 0 Å². The van der Waals surface area contributed by atoms with Gasteiger partial charge in [-0.05, 0) is 36.0 Å². The second-order valence-corrected chi connectivity index (χ2v) is 3.53. The van der Waals surface area contributed by atoms with Crippen molar-refractivity contribution in [1.82, 2.24) is 0 Å². The van der Waals surface area contributed by atoms with Crippen LogP contribution in [0.5, 0.6) is 0 Å². The number of rotatable bonds is 1. The molecule has 0 aromatic heterocycles. The van der Waals surface area contributed by atoms with Crippen LogP contribution in [0.25, 0.3) is 0 Å². The van der Waals surface area contributed by atoms with E-state index in [0.29, 0.717) is 0 Å². The number of allylic oxidation sites excluding steroid dienone is 3. The molecule has 2 saturated carbocycles. The lowest BCUT2D eigenvalue weighted by Crippen LogP contribution is -2.11. The van der Waals surface area contributed by atoms with Gasteiger partial charge in [0, 0.05) is 12.0 Å². The molecule has 0 heterocycles. The van der Waals surface area contributed by atoms with Gasteiger partial charge < -0.3 is 0 Å². The van der Waals surface area contributed by atoms with Gasteiger partial charge in [-0.15, -0.1) is 5.73 Å². The Balaban J connectivity index is 1.96. The van der Waals surface area contributed by atoms with E-state index in [4.69, 9.17) is 0 Å². The molecule has 0 nitrogen and oxygen atoms in total. The van der Waals surface area contributed by atoms with Crippen molar-refractivity contribution in [2.75, 3.05) is 0 Å². The standard InChI is InChI=1S/C10H10/c1-2-7(3-1)8-4-9-6-10(9)5-8/h4,7H,1-3,6H2. The fourth-order valence-electron chi connectivity index (χ4n) is 1.75. The van der Waals surface area contributed by atoms with Gasteiger partial charge in [-0.25, -0.2) is 0 Å². The second-order valence-electron chi connectivity index (χ2n) is 3.53. The molecule has 0 atom stereocenters. The van der Waals surface area contributed by atoms with Crippen LogP contribution in [0.4, 0.5) is 0 Å². The fourth-order valence-corrected chi connectivity index (χ4v) is 1.75. The third-order valence-corrected chi connectivity index (χ3v) is 2.80. The molecule has 0 N–H and O–H groups in total. The van der Waals surface area contributed by atoms with Crippen molar-refractivity contribution in [3.63, 3.8) is 0 Å². The number of hydrogen-bond donors (Lipinski definition) is 0. The van der Waals surface area contributed by atoms with Gasteiger partial charge in [0.1, 0.15) is 0 Å². The van der Waals surface area contributed by atoms with Crippen molar-refractivity contribution in [1.29, 1.82) is 0 Å². The van der Waals surface area contributed by atoms with Crippen LogP contribution >= 0.6 is 0 Å². The van der Waals surface area contributed by atoms with E-state index in [1.165, 1.54) is 36.8 Å². The Morgan fingerprint density at radius 2 is 2.30 bits per heavy atom. The molecule has 3 aliphatic rings. The maximum absolute atomic E-state index is 3.47. The molecule has 0 heteroatoms. The highest BCUT2D eigenvalue weighted by molar-refractivity contribution is 5.59. The molecule has 0 saturated heterocycles. The van der Waals surface area contributed by atoms with Crippen LogP contribution < -0.4 is 0 Å². The van der Waals surface area contributed by atoms with E-state index in [9.17, 15) is 0 Å². The fraction of sp³-hybridized carbons (Fsp3) is 0.500. The summed E-state index contributed by atoms with van der Waals surface area (Å²) in [7, 11) is 0. The average molecular weight is 130 g/mol. The summed E-state index contributed by atoms with van der Waals surface area (Å²) in [6.45, 7) is 0. The SMILES string of the molecule is C1=C2CC2=CC=1C1CCC1. The Morgan fingerprint density at radius 3 is 2.80 bits per heavy atom. The van der Waals surface area contributed by atoms with Gasteiger partial charge in [-0.3, -0.25) is 0 Å². The van der Waals surface area contributed by atoms with Crippen LogP contribution in [0.15, 0.2) is 28.5 Å². The van der Waals surface area contributed by atoms with Crippen LogP contribution in [0.3, 0.4) is 0 Å². The molecular weight excluding hydrogens is 120 g/mol. The molecule has 0 aromatic carbocycles. The van der Waals surface area contributed by atoms with Gasteiger partial charge in [-0.2, -0.15) is 0 Å². The molecular formula is C10H10. The Hall–Kier alpha value is -0.740. The van der Waals surface area contributed by atoms with Crippen molar-refractivity contribution < 1.29 is 0 Å². The molecule has 0 radical (unpaired) electrons. The molecule has 50 valence electrons. The first kappa shape index (κ1) is 4.98. The van der Waals surface area contributed by atoms with E-state index < -0.39 is 0 Å². The van der Waals surface area contributed by atoms with E-state index in [-0.39, 0.29) is 0 Å². The zero-order chi connectivity index (χ0) is 6.55. The van der Waals surface area contributed by atoms with Crippen LogP contribution in [-0.2, 0) is 0 Å². The van der Waals surface area contributed by atoms with E-state index in [2.05, 4.69) is 11.8 Å². The largest absolute Gasteiger partial charge is 0.113 e. The zero-order valence-corrected chi connectivity index (χ0v) is 5.98. The lowest BCUT2D eigenvalue weighted by atomic mass is 9.80. The maximum Gasteiger partial charge on any atom is 0.00602 e. The third-order valence-electron chi connectivity index (χ3n) is 2.80. The average Bonchev–Trinajstić information content (AvgIpc) is 2.36. The summed E-state index contributed by atoms with van der Waals surface area (Å²) in [5.74, 6) is 0.896. The topological polar surface area (TPSA) is 0 Å². The Morgan fingerprint density at radius 1 is 1.40 bits per heavy atom. The maximum atomic E-state index is 3.47. The van der Waals surface area contributed by atoms with Gasteiger partial charge in [0.25, 0.3) is 0 Å². The number of hydrogen-bond acceptors (Lipinski definition) is 0. The molecule has 0 aromatic rings. The van der Waals surface area contributed by atoms with Crippen molar-refractivity contribution in [2.45, 2.75) is 25.7 Å². The molecule has 3 rings (SSSR count). The predicted molar refractivity (Wildman–Crippen MR) is 40.6 cm³/mol. The molecule has 10 heavy (non-hydrogen) atoms. The van der Waals surface area contributed by atoms with E-state index in [1.807, 2.05) is 0 Å². The van der Waals surface area contributed by atoms with E-state index in [0.717, 1.165) is 5.92 Å². The van der Waals surface area contributed by atoms with Crippen molar-refractivity contribution in [3.8, 4) is 0 Å². The summed E-state index contributed by atoms with van der Waals surface area (Å²) >= 11 is 0. The highest BCUT2D eigenvalue weighted by Crippen LogP contribution is 2.45. The Bertz CT molecular complexity index is 281. The summed E-state index contributed by atoms with van der Waals surface area (Å²) in [5, 5.41) is 0. The highest BCUT2D eigenvalue weighted by Gasteiger charge is 2.30. The summed E-state index contributed by atoms with van der Waals surface area (Å²) in [6, 6.07) is 0. The molecule has 3 aliphatic carbocycles. The van der Waals surface area contributed by atoms with E-state index >= 15 is 0 Å². The highest BCUT2D eigenvalue weighted by atomic mass is 14.3. The lowest BCUT2D eigenvalue weighted by Gasteiger charge is -2.24. The van der Waals surface area contributed by atoms with Crippen LogP contribution in [-0.4, -0.2) is 0 Å². The summed E-state index contributed by atoms with van der Waals surface area (Å²) in [4.78, 5) is 0. The predicted octanol–water partition coefficient (Wildman–Crippen LogP) is 2.58. The molecule has 0 amide bonds. The minimum absolute atomic E-state index is 0.896. The summed E-state index contributed by atoms with van der Waals surface area (Å²) in [5.41, 5.74) is 8.06. The minimum atomic E-state index is 0.896. The van der Waals surface area contributed by atoms with Gasteiger partial charge >= 0.3 is 0 Å². The monoisotopic (exact) mass is 130 g/mol. The Kier molecular flexibility index (Phi) is 0.728. The van der Waals surface area contributed by atoms with Gasteiger partial charge in [-0.1, -0.05) is 6.42 Å². The van der Waals surface area contributed by atoms with Crippen molar-refractivity contribution >= 4 is 0 Å². The second kappa shape index (κ2) is 1.46. The smallest absolute Gasteiger partial charge is 0.00602 e. The van der Waals surface area contributed by atoms with Gasteiger partial charge in [0.2, 0.25) is 0 Å². The van der Waals surface area contributed by atoms with Gasteiger partial charge in [0.15, 0.2) is 0 Å². The van der Waals surface area contributed by atoms with E-state index in [1.54, 1.807) is 5.57 Å². The first-order valence-corrected chi connectivity index (χ1v) is 4.14. The molecule has 0 bridgehead atoms. The van der Waals surface area contributed by atoms with Crippen LogP contribution in [0.1, 0.15) is 25.7 Å². The first-order valence-electron chi connectivity index (χ1n) is 4.14. The summed E-state index contributed by atoms with van der Waals surface area (Å²) in [6.07, 6.45) is 7.88. The molecule has 2 fully saturated rings. The molecule has 0 aliphatic heterocycles. The lowest BCUT2D eigenvalue weighted by molar-refractivity contribution is 0.375. The normalized spacial score (nSPS) is 28.2. The number of fused-ring (bicyclic) bond motifs is 1. The minimum Gasteiger partial charge on any atom is -0.113 e. The summed E-state index contributed by atoms with van der Waals surface area (Å²) < 4.78 is 0. The van der Waals surface area contributed by atoms with Crippen LogP contribution in [0.2, 0.25) is 0 Å². The third kappa shape index (κ3) is 0.526. The van der Waals surface area contributed by atoms with Crippen molar-refractivity contribution in [3.05, 3.63) is 28.5 Å².